The van der Waals surface area contributed by atoms with Crippen LogP contribution >= 0.6 is 11.8 Å². The second kappa shape index (κ2) is 11.6. The lowest BCUT2D eigenvalue weighted by atomic mass is 9.87. The molecular weight excluding hydrogens is 422 g/mol. The molecule has 1 N–H and O–H groups in total. The molecule has 1 aliphatic heterocycles. The number of fused-ring (bicyclic) bond motifs is 1. The van der Waals surface area contributed by atoms with Crippen molar-refractivity contribution in [2.24, 2.45) is 5.92 Å². The van der Waals surface area contributed by atoms with Gasteiger partial charge in [-0.25, -0.2) is 0 Å². The molecule has 2 fully saturated rings. The first-order valence-corrected chi connectivity index (χ1v) is 13.6. The Hall–Kier alpha value is -1.47. The van der Waals surface area contributed by atoms with E-state index in [1.807, 2.05) is 4.90 Å². The molecule has 32 heavy (non-hydrogen) atoms. The van der Waals surface area contributed by atoms with Crippen LogP contribution in [0.3, 0.4) is 0 Å². The van der Waals surface area contributed by atoms with Gasteiger partial charge in [0.15, 0.2) is 0 Å². The highest BCUT2D eigenvalue weighted by molar-refractivity contribution is 8.00. The molecule has 0 bridgehead atoms. The van der Waals surface area contributed by atoms with Gasteiger partial charge in [0.05, 0.1) is 11.9 Å². The fraction of sp³-hybridized carbons (Fsp3) is 0.760. The molecule has 2 heterocycles. The van der Waals surface area contributed by atoms with Crippen molar-refractivity contribution in [3.63, 3.8) is 0 Å². The number of likely N-dealkylation sites (tertiary alicyclic amines) is 1. The van der Waals surface area contributed by atoms with Gasteiger partial charge in [0.1, 0.15) is 0 Å². The maximum absolute atomic E-state index is 12.6. The molecule has 7 heteroatoms. The molecule has 1 aromatic heterocycles. The van der Waals surface area contributed by atoms with E-state index in [2.05, 4.69) is 16.1 Å². The van der Waals surface area contributed by atoms with Gasteiger partial charge in [-0.05, 0) is 76.2 Å². The van der Waals surface area contributed by atoms with Gasteiger partial charge >= 0.3 is 0 Å². The summed E-state index contributed by atoms with van der Waals surface area (Å²) in [6.07, 6.45) is 14.6. The highest BCUT2D eigenvalue weighted by atomic mass is 32.2. The van der Waals surface area contributed by atoms with Gasteiger partial charge in [0.25, 0.3) is 0 Å². The topological polar surface area (TPSA) is 63.6 Å². The summed E-state index contributed by atoms with van der Waals surface area (Å²) in [6, 6.07) is 0. The number of carbonyl (C=O) groups is 2. The number of rotatable bonds is 8. The van der Waals surface area contributed by atoms with Crippen LogP contribution in [0.4, 0.5) is 0 Å². The van der Waals surface area contributed by atoms with Crippen molar-refractivity contribution in [3.8, 4) is 0 Å². The lowest BCUT2D eigenvalue weighted by Gasteiger charge is -2.26. The minimum atomic E-state index is 0.131. The van der Waals surface area contributed by atoms with Gasteiger partial charge in [-0.1, -0.05) is 0 Å². The van der Waals surface area contributed by atoms with Gasteiger partial charge in [-0.2, -0.15) is 0 Å². The average Bonchev–Trinajstić information content (AvgIpc) is 3.20. The number of thioether (sulfide) groups is 1. The van der Waals surface area contributed by atoms with Crippen molar-refractivity contribution in [3.05, 3.63) is 17.5 Å². The molecule has 1 aromatic rings. The van der Waals surface area contributed by atoms with E-state index in [0.29, 0.717) is 18.4 Å². The van der Waals surface area contributed by atoms with E-state index in [4.69, 9.17) is 4.74 Å². The van der Waals surface area contributed by atoms with E-state index in [1.165, 1.54) is 35.4 Å². The van der Waals surface area contributed by atoms with Crippen LogP contribution in [0.15, 0.2) is 11.1 Å². The quantitative estimate of drug-likeness (QED) is 0.598. The second-order valence-electron chi connectivity index (χ2n) is 9.55. The van der Waals surface area contributed by atoms with E-state index in [-0.39, 0.29) is 17.7 Å². The summed E-state index contributed by atoms with van der Waals surface area (Å²) in [5.41, 5.74) is 2.86. The maximum atomic E-state index is 12.6. The summed E-state index contributed by atoms with van der Waals surface area (Å²) in [6.45, 7) is 3.32. The van der Waals surface area contributed by atoms with Crippen LogP contribution < -0.4 is 5.32 Å². The number of aromatic nitrogens is 1. The molecule has 4 rings (SSSR count). The third-order valence-electron chi connectivity index (χ3n) is 7.45. The van der Waals surface area contributed by atoms with Crippen LogP contribution in [0, 0.1) is 5.92 Å². The number of hydrogen-bond acceptors (Lipinski definition) is 4. The molecule has 3 aliphatic rings. The Morgan fingerprint density at radius 1 is 1.06 bits per heavy atom. The number of hydrogen-bond donors (Lipinski definition) is 1. The van der Waals surface area contributed by atoms with Crippen LogP contribution in [0.25, 0.3) is 0 Å². The largest absolute Gasteiger partial charge is 0.381 e. The molecule has 2 aliphatic carbocycles. The van der Waals surface area contributed by atoms with Crippen LogP contribution in [0.1, 0.15) is 69.0 Å². The van der Waals surface area contributed by atoms with E-state index in [1.54, 1.807) is 18.9 Å². The highest BCUT2D eigenvalue weighted by Gasteiger charge is 2.26. The molecular formula is C25H39N3O3S. The summed E-state index contributed by atoms with van der Waals surface area (Å²) in [5.74, 6) is 1.15. The normalized spacial score (nSPS) is 23.6. The van der Waals surface area contributed by atoms with E-state index >= 15 is 0 Å². The van der Waals surface area contributed by atoms with Crippen molar-refractivity contribution in [1.29, 1.82) is 0 Å². The number of piperidine rings is 1. The molecule has 178 valence electrons. The average molecular weight is 462 g/mol. The number of methoxy groups -OCH3 is 1. The molecule has 0 atom stereocenters. The standard InChI is InChI=1S/C25H39N3O3S/c1-31-20-11-9-19(10-12-20)25(30)26-13-16-28-17-23(21-7-3-4-8-22(21)28)32-18-24(29)27-14-5-2-6-15-27/h17,19-20H,2-16,18H2,1H3,(H,26,30). The first-order valence-electron chi connectivity index (χ1n) is 12.6. The Balaban J connectivity index is 1.29. The Labute approximate surface area is 196 Å². The summed E-state index contributed by atoms with van der Waals surface area (Å²) in [5, 5.41) is 3.17. The third kappa shape index (κ3) is 5.90. The van der Waals surface area contributed by atoms with Gasteiger partial charge in [-0.15, -0.1) is 11.8 Å². The number of amides is 2. The summed E-state index contributed by atoms with van der Waals surface area (Å²) in [7, 11) is 1.76. The SMILES string of the molecule is COC1CCC(C(=O)NCCn2cc(SCC(=O)N3CCCCC3)c3c2CCCC3)CC1. The van der Waals surface area contributed by atoms with E-state index in [0.717, 1.165) is 71.0 Å². The van der Waals surface area contributed by atoms with Crippen LogP contribution in [0.2, 0.25) is 0 Å². The van der Waals surface area contributed by atoms with Gasteiger partial charge in [0.2, 0.25) is 11.8 Å². The molecule has 0 radical (unpaired) electrons. The van der Waals surface area contributed by atoms with Gasteiger partial charge in [-0.3, -0.25) is 9.59 Å². The lowest BCUT2D eigenvalue weighted by Crippen LogP contribution is -2.36. The number of nitrogens with one attached hydrogen (secondary N) is 1. The monoisotopic (exact) mass is 461 g/mol. The summed E-state index contributed by atoms with van der Waals surface area (Å²) >= 11 is 1.71. The zero-order chi connectivity index (χ0) is 22.3. The van der Waals surface area contributed by atoms with Gasteiger partial charge in [0, 0.05) is 56.0 Å². The summed E-state index contributed by atoms with van der Waals surface area (Å²) in [4.78, 5) is 28.5. The van der Waals surface area contributed by atoms with Crippen molar-refractivity contribution < 1.29 is 14.3 Å². The van der Waals surface area contributed by atoms with Crippen molar-refractivity contribution in [2.75, 3.05) is 32.5 Å². The molecule has 0 unspecified atom stereocenters. The first-order chi connectivity index (χ1) is 15.7. The van der Waals surface area contributed by atoms with Crippen molar-refractivity contribution in [2.45, 2.75) is 88.2 Å². The minimum Gasteiger partial charge on any atom is -0.381 e. The second-order valence-corrected chi connectivity index (χ2v) is 10.6. The lowest BCUT2D eigenvalue weighted by molar-refractivity contribution is -0.129. The maximum Gasteiger partial charge on any atom is 0.232 e. The number of carbonyl (C=O) groups excluding carboxylic acids is 2. The third-order valence-corrected chi connectivity index (χ3v) is 8.50. The molecule has 1 saturated carbocycles. The Morgan fingerprint density at radius 3 is 2.56 bits per heavy atom. The highest BCUT2D eigenvalue weighted by Crippen LogP contribution is 2.33. The molecule has 6 nitrogen and oxygen atoms in total. The van der Waals surface area contributed by atoms with E-state index < -0.39 is 0 Å². The molecule has 0 aromatic carbocycles. The predicted octanol–water partition coefficient (Wildman–Crippen LogP) is 3.79. The fourth-order valence-electron chi connectivity index (χ4n) is 5.47. The number of nitrogens with zero attached hydrogens (tertiary/aromatic N) is 2. The minimum absolute atomic E-state index is 0.131. The fourth-order valence-corrected chi connectivity index (χ4v) is 6.53. The number of ether oxygens (including phenoxy) is 1. The van der Waals surface area contributed by atoms with Gasteiger partial charge < -0.3 is 19.5 Å². The van der Waals surface area contributed by atoms with E-state index in [9.17, 15) is 9.59 Å². The van der Waals surface area contributed by atoms with Crippen LogP contribution in [0.5, 0.6) is 0 Å². The molecule has 0 spiro atoms. The first kappa shape index (κ1) is 23.7. The molecule has 1 saturated heterocycles. The Bertz CT molecular complexity index is 780. The Kier molecular flexibility index (Phi) is 8.58. The van der Waals surface area contributed by atoms with Crippen LogP contribution in [-0.4, -0.2) is 59.9 Å². The zero-order valence-electron chi connectivity index (χ0n) is 19.6. The predicted molar refractivity (Wildman–Crippen MR) is 128 cm³/mol. The van der Waals surface area contributed by atoms with Crippen LogP contribution in [-0.2, 0) is 33.7 Å². The smallest absolute Gasteiger partial charge is 0.232 e. The zero-order valence-corrected chi connectivity index (χ0v) is 20.4. The van der Waals surface area contributed by atoms with Crippen molar-refractivity contribution in [1.82, 2.24) is 14.8 Å². The molecule has 2 amide bonds. The Morgan fingerprint density at radius 2 is 1.81 bits per heavy atom. The van der Waals surface area contributed by atoms with Crippen molar-refractivity contribution >= 4 is 23.6 Å². The summed E-state index contributed by atoms with van der Waals surface area (Å²) < 4.78 is 7.76.